The summed E-state index contributed by atoms with van der Waals surface area (Å²) in [4.78, 5) is 11.5. The number of hydrogen-bond acceptors (Lipinski definition) is 5. The van der Waals surface area contributed by atoms with Crippen LogP contribution in [0.4, 0.5) is 16.2 Å². The van der Waals surface area contributed by atoms with Gasteiger partial charge in [-0.15, -0.1) is 0 Å². The lowest BCUT2D eigenvalue weighted by molar-refractivity contribution is 0.239. The molecule has 6 N–H and O–H groups in total. The Kier molecular flexibility index (Phi) is 3.50. The van der Waals surface area contributed by atoms with Crippen LogP contribution in [0, 0.1) is 16.7 Å². The minimum absolute atomic E-state index is 0.196. The summed E-state index contributed by atoms with van der Waals surface area (Å²) in [6, 6.07) is 6.73. The highest BCUT2D eigenvalue weighted by Gasteiger charge is 2.30. The Morgan fingerprint density at radius 3 is 2.86 bits per heavy atom. The van der Waals surface area contributed by atoms with Crippen LogP contribution in [0.3, 0.4) is 0 Å². The van der Waals surface area contributed by atoms with Crippen LogP contribution in [0.25, 0.3) is 0 Å². The maximum absolute atomic E-state index is 11.5. The molecule has 0 atom stereocenters. The van der Waals surface area contributed by atoms with Crippen LogP contribution >= 0.6 is 0 Å². The molecule has 0 radical (unpaired) electrons. The van der Waals surface area contributed by atoms with Gasteiger partial charge in [-0.05, 0) is 32.0 Å². The lowest BCUT2D eigenvalue weighted by Crippen LogP contribution is -2.47. The van der Waals surface area contributed by atoms with Crippen molar-refractivity contribution < 1.29 is 4.79 Å². The lowest BCUT2D eigenvalue weighted by Gasteiger charge is -2.34. The van der Waals surface area contributed by atoms with Crippen molar-refractivity contribution in [2.24, 2.45) is 10.8 Å². The molecule has 0 bridgehead atoms. The van der Waals surface area contributed by atoms with Gasteiger partial charge in [0.1, 0.15) is 6.07 Å². The van der Waals surface area contributed by atoms with Gasteiger partial charge in [0.05, 0.1) is 11.2 Å². The van der Waals surface area contributed by atoms with Gasteiger partial charge in [0, 0.05) is 11.3 Å². The zero-order valence-electron chi connectivity index (χ0n) is 11.6. The molecule has 0 aliphatic carbocycles. The van der Waals surface area contributed by atoms with E-state index in [4.69, 9.17) is 16.4 Å². The quantitative estimate of drug-likeness (QED) is 0.324. The molecular formula is C13H15N7O. The summed E-state index contributed by atoms with van der Waals surface area (Å²) in [5.41, 5.74) is 9.38. The molecule has 8 heteroatoms. The highest BCUT2D eigenvalue weighted by molar-refractivity contribution is 6.45. The standard InChI is InChI=1S/C13H15N7O/c1-13(2)8-5-7(19-20-10(6-14)11(15)16)3-4-9(8)17-12(21)18-13/h3-5,19H,1-2H3,(H3,15,16)(H2,17,18,21)/b20-10+. The monoisotopic (exact) mass is 285 g/mol. The number of carbonyl (C=O) groups excluding carboxylic acids is 1. The number of amidine groups is 1. The summed E-state index contributed by atoms with van der Waals surface area (Å²) in [6.07, 6.45) is 0. The number of nitriles is 1. The molecule has 1 aliphatic rings. The second kappa shape index (κ2) is 5.13. The van der Waals surface area contributed by atoms with Gasteiger partial charge >= 0.3 is 6.03 Å². The van der Waals surface area contributed by atoms with E-state index in [9.17, 15) is 4.79 Å². The van der Waals surface area contributed by atoms with Crippen LogP contribution in [-0.4, -0.2) is 17.6 Å². The molecule has 0 saturated carbocycles. The summed E-state index contributed by atoms with van der Waals surface area (Å²) in [7, 11) is 0. The third kappa shape index (κ3) is 2.92. The Labute approximate surface area is 121 Å². The summed E-state index contributed by atoms with van der Waals surface area (Å²) in [6.45, 7) is 3.77. The normalized spacial score (nSPS) is 16.0. The minimum Gasteiger partial charge on any atom is -0.382 e. The van der Waals surface area contributed by atoms with Gasteiger partial charge in [-0.25, -0.2) is 4.79 Å². The van der Waals surface area contributed by atoms with E-state index in [0.29, 0.717) is 11.4 Å². The second-order valence-electron chi connectivity index (χ2n) is 5.06. The number of nitrogens with one attached hydrogen (secondary N) is 4. The first kappa shape index (κ1) is 14.3. The molecule has 2 amide bonds. The molecule has 0 fully saturated rings. The first-order valence-corrected chi connectivity index (χ1v) is 6.15. The number of benzene rings is 1. The molecule has 1 aromatic rings. The Balaban J connectivity index is 2.32. The van der Waals surface area contributed by atoms with E-state index in [1.807, 2.05) is 13.8 Å². The number of hydrogen-bond donors (Lipinski definition) is 5. The Morgan fingerprint density at radius 1 is 1.52 bits per heavy atom. The first-order chi connectivity index (χ1) is 9.83. The van der Waals surface area contributed by atoms with E-state index < -0.39 is 11.4 Å². The number of carbonyl (C=O) groups is 1. The molecule has 2 rings (SSSR count). The average Bonchev–Trinajstić information content (AvgIpc) is 2.38. The van der Waals surface area contributed by atoms with E-state index >= 15 is 0 Å². The molecule has 0 aromatic heterocycles. The van der Waals surface area contributed by atoms with Gasteiger partial charge in [-0.2, -0.15) is 10.4 Å². The topological polar surface area (TPSA) is 139 Å². The number of amides is 2. The van der Waals surface area contributed by atoms with Crippen LogP contribution < -0.4 is 21.8 Å². The number of nitrogens with two attached hydrogens (primary N) is 1. The maximum atomic E-state index is 11.5. The van der Waals surface area contributed by atoms with Gasteiger partial charge in [-0.3, -0.25) is 10.8 Å². The first-order valence-electron chi connectivity index (χ1n) is 6.15. The SMILES string of the molecule is CC1(C)NC(=O)Nc2ccc(N/N=C(\C#N)C(=N)N)cc21. The maximum Gasteiger partial charge on any atom is 0.319 e. The molecule has 0 unspecified atom stereocenters. The average molecular weight is 285 g/mol. The predicted molar refractivity (Wildman–Crippen MR) is 80.2 cm³/mol. The van der Waals surface area contributed by atoms with Gasteiger partial charge in [0.25, 0.3) is 0 Å². The van der Waals surface area contributed by atoms with Gasteiger partial charge < -0.3 is 16.4 Å². The van der Waals surface area contributed by atoms with Gasteiger partial charge in [-0.1, -0.05) is 0 Å². The van der Waals surface area contributed by atoms with Crippen LogP contribution in [0.2, 0.25) is 0 Å². The van der Waals surface area contributed by atoms with E-state index in [1.54, 1.807) is 24.3 Å². The largest absolute Gasteiger partial charge is 0.382 e. The summed E-state index contributed by atoms with van der Waals surface area (Å²) < 4.78 is 0. The molecule has 0 spiro atoms. The second-order valence-corrected chi connectivity index (χ2v) is 5.06. The Bertz CT molecular complexity index is 684. The van der Waals surface area contributed by atoms with Crippen molar-refractivity contribution in [3.63, 3.8) is 0 Å². The highest BCUT2D eigenvalue weighted by Crippen LogP contribution is 2.33. The molecule has 1 aromatic carbocycles. The van der Waals surface area contributed by atoms with Crippen molar-refractivity contribution in [2.75, 3.05) is 10.7 Å². The minimum atomic E-state index is -0.530. The third-order valence-electron chi connectivity index (χ3n) is 3.02. The molecule has 8 nitrogen and oxygen atoms in total. The van der Waals surface area contributed by atoms with E-state index in [-0.39, 0.29) is 11.7 Å². The van der Waals surface area contributed by atoms with E-state index in [2.05, 4.69) is 21.2 Å². The third-order valence-corrected chi connectivity index (χ3v) is 3.02. The summed E-state index contributed by atoms with van der Waals surface area (Å²) >= 11 is 0. The fourth-order valence-electron chi connectivity index (χ4n) is 2.01. The Hall–Kier alpha value is -3.08. The number of fused-ring (bicyclic) bond motifs is 1. The summed E-state index contributed by atoms with van der Waals surface area (Å²) in [5.74, 6) is -0.405. The number of hydrazone groups is 1. The number of rotatable bonds is 3. The summed E-state index contributed by atoms with van der Waals surface area (Å²) in [5, 5.41) is 25.3. The van der Waals surface area contributed by atoms with E-state index in [1.165, 1.54) is 0 Å². The number of nitrogens with zero attached hydrogens (tertiary/aromatic N) is 2. The smallest absolute Gasteiger partial charge is 0.319 e. The fourth-order valence-corrected chi connectivity index (χ4v) is 2.01. The highest BCUT2D eigenvalue weighted by atomic mass is 16.2. The van der Waals surface area contributed by atoms with Gasteiger partial charge in [0.15, 0.2) is 5.84 Å². The fraction of sp³-hybridized carbons (Fsp3) is 0.231. The molecule has 0 saturated heterocycles. The molecular weight excluding hydrogens is 270 g/mol. The van der Waals surface area contributed by atoms with Crippen LogP contribution in [0.5, 0.6) is 0 Å². The van der Waals surface area contributed by atoms with Crippen molar-refractivity contribution in [1.29, 1.82) is 10.7 Å². The van der Waals surface area contributed by atoms with Crippen molar-refractivity contribution >= 4 is 29.0 Å². The lowest BCUT2D eigenvalue weighted by atomic mass is 9.90. The van der Waals surface area contributed by atoms with Crippen molar-refractivity contribution in [3.8, 4) is 6.07 Å². The number of urea groups is 1. The van der Waals surface area contributed by atoms with Crippen molar-refractivity contribution in [1.82, 2.24) is 5.32 Å². The van der Waals surface area contributed by atoms with Crippen LogP contribution in [-0.2, 0) is 5.54 Å². The zero-order chi connectivity index (χ0) is 15.6. The van der Waals surface area contributed by atoms with Crippen molar-refractivity contribution in [3.05, 3.63) is 23.8 Å². The zero-order valence-corrected chi connectivity index (χ0v) is 11.6. The predicted octanol–water partition coefficient (Wildman–Crippen LogP) is 1.28. The molecule has 21 heavy (non-hydrogen) atoms. The number of anilines is 2. The van der Waals surface area contributed by atoms with Crippen molar-refractivity contribution in [2.45, 2.75) is 19.4 Å². The van der Waals surface area contributed by atoms with E-state index in [0.717, 1.165) is 5.56 Å². The molecule has 1 heterocycles. The molecule has 108 valence electrons. The van der Waals surface area contributed by atoms with Crippen LogP contribution in [0.1, 0.15) is 19.4 Å². The van der Waals surface area contributed by atoms with Crippen LogP contribution in [0.15, 0.2) is 23.3 Å². The Morgan fingerprint density at radius 2 is 2.24 bits per heavy atom. The molecule has 1 aliphatic heterocycles. The van der Waals surface area contributed by atoms with Gasteiger partial charge in [0.2, 0.25) is 5.71 Å².